The van der Waals surface area contributed by atoms with Gasteiger partial charge in [-0.3, -0.25) is 4.98 Å². The van der Waals surface area contributed by atoms with E-state index in [9.17, 15) is 4.79 Å². The largest absolute Gasteiger partial charge is 0.497 e. The van der Waals surface area contributed by atoms with Gasteiger partial charge in [-0.15, -0.1) is 11.3 Å². The van der Waals surface area contributed by atoms with Crippen molar-refractivity contribution in [1.29, 1.82) is 0 Å². The van der Waals surface area contributed by atoms with Crippen molar-refractivity contribution in [3.8, 4) is 27.8 Å². The van der Waals surface area contributed by atoms with Crippen molar-refractivity contribution in [3.63, 3.8) is 0 Å². The lowest BCUT2D eigenvalue weighted by molar-refractivity contribution is 0.0526. The van der Waals surface area contributed by atoms with Gasteiger partial charge < -0.3 is 14.8 Å². The average molecular weight is 448 g/mol. The third-order valence-corrected chi connectivity index (χ3v) is 5.42. The van der Waals surface area contributed by atoms with E-state index in [1.165, 1.54) is 17.5 Å². The molecule has 32 heavy (non-hydrogen) atoms. The minimum atomic E-state index is -0.483. The van der Waals surface area contributed by atoms with Gasteiger partial charge in [-0.2, -0.15) is 0 Å². The summed E-state index contributed by atoms with van der Waals surface area (Å²) in [5.41, 5.74) is 2.70. The molecule has 0 radical (unpaired) electrons. The van der Waals surface area contributed by atoms with E-state index >= 15 is 0 Å². The Hall–Kier alpha value is -3.85. The first-order valence-corrected chi connectivity index (χ1v) is 10.8. The molecule has 0 aliphatic heterocycles. The Morgan fingerprint density at radius 3 is 2.66 bits per heavy atom. The van der Waals surface area contributed by atoms with Crippen molar-refractivity contribution in [1.82, 2.24) is 19.9 Å². The van der Waals surface area contributed by atoms with Crippen LogP contribution in [0.5, 0.6) is 5.75 Å². The lowest BCUT2D eigenvalue weighted by Gasteiger charge is -2.11. The van der Waals surface area contributed by atoms with Gasteiger partial charge in [0.2, 0.25) is 0 Å². The zero-order valence-electron chi connectivity index (χ0n) is 17.6. The number of hydrogen-bond acceptors (Lipinski definition) is 9. The van der Waals surface area contributed by atoms with Crippen molar-refractivity contribution in [3.05, 3.63) is 71.5 Å². The Balaban J connectivity index is 1.58. The number of carbonyl (C=O) groups is 1. The summed E-state index contributed by atoms with van der Waals surface area (Å²) in [7, 11) is 1.61. The van der Waals surface area contributed by atoms with E-state index in [1.54, 1.807) is 20.2 Å². The molecule has 8 nitrogen and oxygen atoms in total. The maximum absolute atomic E-state index is 12.4. The molecule has 0 aliphatic rings. The lowest BCUT2D eigenvalue weighted by atomic mass is 10.2. The predicted molar refractivity (Wildman–Crippen MR) is 123 cm³/mol. The number of thiazole rings is 1. The highest BCUT2D eigenvalue weighted by Gasteiger charge is 2.17. The first kappa shape index (κ1) is 21.4. The van der Waals surface area contributed by atoms with Gasteiger partial charge in [0, 0.05) is 23.3 Å². The van der Waals surface area contributed by atoms with Gasteiger partial charge in [0.15, 0.2) is 5.82 Å². The Bertz CT molecular complexity index is 1200. The van der Waals surface area contributed by atoms with Crippen LogP contribution in [0.1, 0.15) is 23.0 Å². The minimum absolute atomic E-state index is 0.262. The van der Waals surface area contributed by atoms with Crippen molar-refractivity contribution in [2.24, 2.45) is 0 Å². The first-order valence-electron chi connectivity index (χ1n) is 9.96. The van der Waals surface area contributed by atoms with Crippen LogP contribution in [-0.4, -0.2) is 39.6 Å². The van der Waals surface area contributed by atoms with Gasteiger partial charge >= 0.3 is 5.97 Å². The van der Waals surface area contributed by atoms with Crippen LogP contribution in [0, 0.1) is 0 Å². The molecule has 0 spiro atoms. The number of carbonyl (C=O) groups excluding carboxylic acids is 1. The van der Waals surface area contributed by atoms with Gasteiger partial charge in [0.25, 0.3) is 0 Å². The summed E-state index contributed by atoms with van der Waals surface area (Å²) in [6, 6.07) is 13.1. The number of aromatic nitrogens is 4. The fraction of sp³-hybridized carbons (Fsp3) is 0.174. The van der Waals surface area contributed by atoms with Gasteiger partial charge in [-0.25, -0.2) is 19.7 Å². The molecule has 0 saturated heterocycles. The third-order valence-electron chi connectivity index (χ3n) is 4.51. The topological polar surface area (TPSA) is 99.1 Å². The van der Waals surface area contributed by atoms with E-state index in [4.69, 9.17) is 9.47 Å². The van der Waals surface area contributed by atoms with Crippen molar-refractivity contribution in [2.45, 2.75) is 13.5 Å². The van der Waals surface area contributed by atoms with Crippen molar-refractivity contribution >= 4 is 23.1 Å². The van der Waals surface area contributed by atoms with Crippen LogP contribution in [0.2, 0.25) is 0 Å². The number of ether oxygens (including phenoxy) is 2. The number of benzene rings is 1. The van der Waals surface area contributed by atoms with E-state index in [2.05, 4.69) is 25.3 Å². The fourth-order valence-electron chi connectivity index (χ4n) is 2.92. The molecule has 3 heterocycles. The van der Waals surface area contributed by atoms with Crippen LogP contribution in [0.3, 0.4) is 0 Å². The Kier molecular flexibility index (Phi) is 6.66. The molecule has 4 rings (SSSR count). The second-order valence-electron chi connectivity index (χ2n) is 6.62. The van der Waals surface area contributed by atoms with E-state index < -0.39 is 5.97 Å². The Labute approximate surface area is 189 Å². The Morgan fingerprint density at radius 2 is 1.94 bits per heavy atom. The second kappa shape index (κ2) is 9.97. The molecule has 9 heteroatoms. The average Bonchev–Trinajstić information content (AvgIpc) is 3.32. The quantitative estimate of drug-likeness (QED) is 0.395. The number of anilines is 1. The second-order valence-corrected chi connectivity index (χ2v) is 7.48. The molecule has 0 amide bonds. The number of nitrogens with one attached hydrogen (secondary N) is 1. The summed E-state index contributed by atoms with van der Waals surface area (Å²) >= 11 is 1.51. The van der Waals surface area contributed by atoms with Crippen molar-refractivity contribution in [2.75, 3.05) is 19.0 Å². The molecular weight excluding hydrogens is 426 g/mol. The Morgan fingerprint density at radius 1 is 1.09 bits per heavy atom. The maximum Gasteiger partial charge on any atom is 0.343 e. The molecule has 162 valence electrons. The number of methoxy groups -OCH3 is 1. The van der Waals surface area contributed by atoms with Crippen LogP contribution < -0.4 is 10.1 Å². The van der Waals surface area contributed by atoms with Gasteiger partial charge in [0.05, 0.1) is 31.6 Å². The van der Waals surface area contributed by atoms with Crippen LogP contribution in [0.25, 0.3) is 22.1 Å². The fourth-order valence-corrected chi connectivity index (χ4v) is 3.72. The number of pyridine rings is 1. The predicted octanol–water partition coefficient (Wildman–Crippen LogP) is 4.46. The number of nitrogens with zero attached hydrogens (tertiary/aromatic N) is 4. The highest BCUT2D eigenvalue weighted by atomic mass is 32.1. The molecular formula is C23H21N5O3S. The first-order chi connectivity index (χ1) is 15.7. The molecule has 0 fully saturated rings. The van der Waals surface area contributed by atoms with Gasteiger partial charge in [-0.1, -0.05) is 6.07 Å². The maximum atomic E-state index is 12.4. The van der Waals surface area contributed by atoms with E-state index in [-0.39, 0.29) is 12.2 Å². The summed E-state index contributed by atoms with van der Waals surface area (Å²) in [4.78, 5) is 30.3. The van der Waals surface area contributed by atoms with Crippen LogP contribution in [0.4, 0.5) is 5.82 Å². The molecule has 1 aromatic carbocycles. The van der Waals surface area contributed by atoms with Gasteiger partial charge in [0.1, 0.15) is 22.1 Å². The SMILES string of the molecule is CCOC(=O)c1cnc(-c2ccc(OC)cc2)nc1NCc1csc(-c2ccccn2)n1. The smallest absolute Gasteiger partial charge is 0.343 e. The highest BCUT2D eigenvalue weighted by molar-refractivity contribution is 7.13. The van der Waals surface area contributed by atoms with Crippen LogP contribution >= 0.6 is 11.3 Å². The molecule has 0 saturated carbocycles. The van der Waals surface area contributed by atoms with Crippen molar-refractivity contribution < 1.29 is 14.3 Å². The minimum Gasteiger partial charge on any atom is -0.497 e. The summed E-state index contributed by atoms with van der Waals surface area (Å²) < 4.78 is 10.4. The van der Waals surface area contributed by atoms with Crippen LogP contribution in [-0.2, 0) is 11.3 Å². The number of hydrogen-bond donors (Lipinski definition) is 1. The third kappa shape index (κ3) is 4.89. The molecule has 4 aromatic rings. The normalized spacial score (nSPS) is 10.6. The standard InChI is InChI=1S/C23H21N5O3S/c1-3-31-23(29)18-13-26-20(15-7-9-17(30-2)10-8-15)28-21(18)25-12-16-14-32-22(27-16)19-6-4-5-11-24-19/h4-11,13-14H,3,12H2,1-2H3,(H,25,26,28). The molecule has 3 aromatic heterocycles. The van der Waals surface area contributed by atoms with Crippen LogP contribution in [0.15, 0.2) is 60.2 Å². The van der Waals surface area contributed by atoms with E-state index in [0.29, 0.717) is 18.2 Å². The molecule has 0 unspecified atom stereocenters. The zero-order valence-corrected chi connectivity index (χ0v) is 18.4. The summed E-state index contributed by atoms with van der Waals surface area (Å²) in [5.74, 6) is 1.12. The summed E-state index contributed by atoms with van der Waals surface area (Å²) in [6.07, 6.45) is 3.22. The molecule has 0 bridgehead atoms. The molecule has 0 aliphatic carbocycles. The molecule has 1 N–H and O–H groups in total. The lowest BCUT2D eigenvalue weighted by Crippen LogP contribution is -2.13. The number of rotatable bonds is 8. The van der Waals surface area contributed by atoms with E-state index in [1.807, 2.05) is 47.8 Å². The number of esters is 1. The van der Waals surface area contributed by atoms with Gasteiger partial charge in [-0.05, 0) is 43.3 Å². The highest BCUT2D eigenvalue weighted by Crippen LogP contribution is 2.24. The summed E-state index contributed by atoms with van der Waals surface area (Å²) in [6.45, 7) is 2.40. The molecule has 0 atom stereocenters. The monoisotopic (exact) mass is 447 g/mol. The summed E-state index contributed by atoms with van der Waals surface area (Å²) in [5, 5.41) is 5.99. The zero-order chi connectivity index (χ0) is 22.3. The van der Waals surface area contributed by atoms with E-state index in [0.717, 1.165) is 27.7 Å².